The van der Waals surface area contributed by atoms with E-state index in [0.29, 0.717) is 17.9 Å². The molecule has 0 bridgehead atoms. The van der Waals surface area contributed by atoms with Gasteiger partial charge in [0, 0.05) is 34.5 Å². The maximum Gasteiger partial charge on any atom is 0.278 e. The van der Waals surface area contributed by atoms with Gasteiger partial charge in [0.1, 0.15) is 18.0 Å². The van der Waals surface area contributed by atoms with Crippen molar-refractivity contribution >= 4 is 51.9 Å². The zero-order chi connectivity index (χ0) is 24.4. The van der Waals surface area contributed by atoms with Gasteiger partial charge in [-0.25, -0.2) is 4.57 Å². The monoisotopic (exact) mass is 503 g/mol. The number of carboxylic acid groups (broad SMARTS) is 1. The van der Waals surface area contributed by atoms with Crippen LogP contribution in [0.3, 0.4) is 0 Å². The lowest BCUT2D eigenvalue weighted by molar-refractivity contribution is -0.689. The third-order valence-electron chi connectivity index (χ3n) is 5.06. The van der Waals surface area contributed by atoms with Gasteiger partial charge in [0.2, 0.25) is 11.5 Å². The molecular weight excluding hydrogens is 482 g/mol. The molecule has 0 spiro atoms. The first-order valence-corrected chi connectivity index (χ1v) is 12.1. The number of pyridine rings is 1. The Hall–Kier alpha value is -3.52. The summed E-state index contributed by atoms with van der Waals surface area (Å²) < 4.78 is 5.82. The molecule has 2 atom stereocenters. The van der Waals surface area contributed by atoms with E-state index < -0.39 is 29.2 Å². The predicted molar refractivity (Wildman–Crippen MR) is 121 cm³/mol. The lowest BCUT2D eigenvalue weighted by Gasteiger charge is -2.50. The maximum absolute atomic E-state index is 12.9. The van der Waals surface area contributed by atoms with Crippen LogP contribution in [-0.4, -0.2) is 61.5 Å². The molecule has 12 nitrogen and oxygen atoms in total. The van der Waals surface area contributed by atoms with Crippen LogP contribution < -0.4 is 20.7 Å². The number of rotatable bonds is 8. The molecule has 2 aliphatic rings. The summed E-state index contributed by atoms with van der Waals surface area (Å²) in [6.45, 7) is 4.12. The van der Waals surface area contributed by atoms with Gasteiger partial charge >= 0.3 is 0 Å². The summed E-state index contributed by atoms with van der Waals surface area (Å²) in [5.74, 6) is -2.40. The van der Waals surface area contributed by atoms with Crippen molar-refractivity contribution in [2.75, 3.05) is 18.1 Å². The van der Waals surface area contributed by atoms with E-state index in [4.69, 9.17) is 10.6 Å². The number of fused-ring (bicyclic) bond motifs is 1. The van der Waals surface area contributed by atoms with E-state index in [1.54, 1.807) is 6.92 Å². The number of aromatic nitrogens is 3. The first-order valence-electron chi connectivity index (χ1n) is 10.2. The Bertz CT molecular complexity index is 1210. The van der Waals surface area contributed by atoms with Gasteiger partial charge in [-0.2, -0.15) is 9.36 Å². The van der Waals surface area contributed by atoms with E-state index >= 15 is 0 Å². The normalized spacial score (nSPS) is 20.0. The summed E-state index contributed by atoms with van der Waals surface area (Å²) in [5.41, 5.74) is 6.78. The molecule has 14 heteroatoms. The fourth-order valence-electron chi connectivity index (χ4n) is 3.62. The second-order valence-electron chi connectivity index (χ2n) is 7.47. The number of carbonyl (C=O) groups is 3. The molecule has 2 amide bonds. The minimum absolute atomic E-state index is 0.0267. The molecule has 1 fully saturated rings. The number of amides is 2. The summed E-state index contributed by atoms with van der Waals surface area (Å²) in [6, 6.07) is 2.84. The smallest absolute Gasteiger partial charge is 0.278 e. The number of nitrogens with one attached hydrogen (secondary N) is 1. The topological polar surface area (TPSA) is 167 Å². The Morgan fingerprint density at radius 2 is 2.26 bits per heavy atom. The predicted octanol–water partition coefficient (Wildman–Crippen LogP) is -1.44. The summed E-state index contributed by atoms with van der Waals surface area (Å²) in [5, 5.41) is 17.9. The van der Waals surface area contributed by atoms with Crippen LogP contribution in [0.4, 0.5) is 5.13 Å². The van der Waals surface area contributed by atoms with Crippen molar-refractivity contribution in [2.45, 2.75) is 31.8 Å². The lowest BCUT2D eigenvalue weighted by Crippen LogP contribution is -2.71. The van der Waals surface area contributed by atoms with Gasteiger partial charge in [0.05, 0.1) is 11.7 Å². The number of nitrogens with two attached hydrogens (primary N) is 1. The van der Waals surface area contributed by atoms with Crippen molar-refractivity contribution in [3.8, 4) is 0 Å². The van der Waals surface area contributed by atoms with Crippen molar-refractivity contribution in [3.63, 3.8) is 0 Å². The molecule has 178 valence electrons. The van der Waals surface area contributed by atoms with Crippen LogP contribution in [0.2, 0.25) is 0 Å². The van der Waals surface area contributed by atoms with Gasteiger partial charge in [-0.1, -0.05) is 5.16 Å². The fourth-order valence-corrected chi connectivity index (χ4v) is 5.39. The van der Waals surface area contributed by atoms with Crippen molar-refractivity contribution in [3.05, 3.63) is 47.2 Å². The highest BCUT2D eigenvalue weighted by Crippen LogP contribution is 2.40. The van der Waals surface area contributed by atoms with Crippen LogP contribution >= 0.6 is 23.3 Å². The first kappa shape index (κ1) is 23.6. The number of aliphatic carboxylic acids is 1. The molecule has 4 rings (SSSR count). The van der Waals surface area contributed by atoms with Gasteiger partial charge < -0.3 is 25.8 Å². The number of hydrogen-bond donors (Lipinski definition) is 2. The summed E-state index contributed by atoms with van der Waals surface area (Å²) in [4.78, 5) is 47.9. The van der Waals surface area contributed by atoms with E-state index in [9.17, 15) is 19.5 Å². The zero-order valence-electron chi connectivity index (χ0n) is 18.3. The number of aryl methyl sites for hydroxylation is 1. The maximum atomic E-state index is 12.9. The number of nitrogens with zero attached hydrogens (tertiary/aromatic N) is 5. The lowest BCUT2D eigenvalue weighted by atomic mass is 10.0. The molecule has 4 heterocycles. The summed E-state index contributed by atoms with van der Waals surface area (Å²) >= 11 is 2.24. The molecule has 2 aliphatic heterocycles. The number of carboxylic acids is 1. The number of oxime groups is 1. The zero-order valence-corrected chi connectivity index (χ0v) is 19.9. The van der Waals surface area contributed by atoms with Crippen LogP contribution in [0.5, 0.6) is 0 Å². The van der Waals surface area contributed by atoms with Crippen molar-refractivity contribution in [1.29, 1.82) is 0 Å². The molecule has 1 saturated heterocycles. The Balaban J connectivity index is 1.53. The highest BCUT2D eigenvalue weighted by molar-refractivity contribution is 8.00. The van der Waals surface area contributed by atoms with E-state index in [1.807, 2.05) is 36.0 Å². The average Bonchev–Trinajstić information content (AvgIpc) is 3.23. The number of β-lactam (4-membered cyclic amide) rings is 1. The molecule has 34 heavy (non-hydrogen) atoms. The summed E-state index contributed by atoms with van der Waals surface area (Å²) in [7, 11) is 0. The third-order valence-corrected chi connectivity index (χ3v) is 6.94. The minimum Gasteiger partial charge on any atom is -0.543 e. The summed E-state index contributed by atoms with van der Waals surface area (Å²) in [6.07, 6.45) is 3.71. The average molecular weight is 504 g/mol. The van der Waals surface area contributed by atoms with Crippen LogP contribution in [0, 0.1) is 6.92 Å². The van der Waals surface area contributed by atoms with Crippen molar-refractivity contribution < 1.29 is 28.9 Å². The first-order chi connectivity index (χ1) is 16.3. The second kappa shape index (κ2) is 9.77. The van der Waals surface area contributed by atoms with E-state index in [2.05, 4.69) is 19.8 Å². The molecule has 3 N–H and O–H groups in total. The van der Waals surface area contributed by atoms with Gasteiger partial charge in [-0.05, 0) is 19.9 Å². The highest BCUT2D eigenvalue weighted by Gasteiger charge is 2.53. The van der Waals surface area contributed by atoms with Crippen LogP contribution in [0.25, 0.3) is 0 Å². The molecule has 0 aliphatic carbocycles. The SMILES string of the molecule is CCO/N=C(\C(=O)NC1C(=O)N2C(C(=O)[O-])=C(C[n+]3cccc(C)c3)CS[C@H]12)c1nsc(N)n1. The Kier molecular flexibility index (Phi) is 6.79. The van der Waals surface area contributed by atoms with Gasteiger partial charge in [-0.3, -0.25) is 14.5 Å². The van der Waals surface area contributed by atoms with Gasteiger partial charge in [-0.15, -0.1) is 11.8 Å². The molecule has 0 saturated carbocycles. The molecular formula is C20H21N7O5S2. The Morgan fingerprint density at radius 1 is 1.47 bits per heavy atom. The molecule has 2 aromatic rings. The molecule has 2 aromatic heterocycles. The second-order valence-corrected chi connectivity index (χ2v) is 9.36. The minimum atomic E-state index is -1.44. The Morgan fingerprint density at radius 3 is 2.91 bits per heavy atom. The largest absolute Gasteiger partial charge is 0.543 e. The van der Waals surface area contributed by atoms with Crippen molar-refractivity contribution in [2.24, 2.45) is 5.16 Å². The van der Waals surface area contributed by atoms with Gasteiger partial charge in [0.25, 0.3) is 11.8 Å². The van der Waals surface area contributed by atoms with Crippen molar-refractivity contribution in [1.82, 2.24) is 19.6 Å². The van der Waals surface area contributed by atoms with Crippen LogP contribution in [0.15, 0.2) is 41.0 Å². The van der Waals surface area contributed by atoms with E-state index in [1.165, 1.54) is 16.7 Å². The highest BCUT2D eigenvalue weighted by atomic mass is 32.2. The van der Waals surface area contributed by atoms with Crippen LogP contribution in [0.1, 0.15) is 18.3 Å². The molecule has 0 radical (unpaired) electrons. The molecule has 1 unspecified atom stereocenters. The number of anilines is 1. The fraction of sp³-hybridized carbons (Fsp3) is 0.350. The van der Waals surface area contributed by atoms with E-state index in [0.717, 1.165) is 17.1 Å². The molecule has 0 aromatic carbocycles. The standard InChI is InChI=1S/C20H21N7O5S2/c1-3-32-24-12(15-23-20(21)34-25-15)16(28)22-13-17(29)27-14(19(30)31)11(9-33-18(13)27)8-26-6-4-5-10(2)7-26/h4-7,13,18H,3,8-9H2,1-2H3,(H3-,21,22,23,25,28,30,31)/b24-12-/t13?,18-/m1/s1. The number of hydrogen-bond acceptors (Lipinski definition) is 11. The Labute approximate surface area is 202 Å². The number of thioether (sulfide) groups is 1. The quantitative estimate of drug-likeness (QED) is 0.190. The number of carbonyl (C=O) groups excluding carboxylic acids is 3. The third kappa shape index (κ3) is 4.59. The van der Waals surface area contributed by atoms with Crippen LogP contribution in [-0.2, 0) is 25.8 Å². The number of nitrogen functional groups attached to an aromatic ring is 1. The van der Waals surface area contributed by atoms with E-state index in [-0.39, 0.29) is 29.0 Å². The van der Waals surface area contributed by atoms with Gasteiger partial charge in [0.15, 0.2) is 24.1 Å².